The zero-order chi connectivity index (χ0) is 17.8. The van der Waals surface area contributed by atoms with E-state index in [0.29, 0.717) is 32.3 Å². The second-order valence-electron chi connectivity index (χ2n) is 5.04. The van der Waals surface area contributed by atoms with Crippen LogP contribution in [0.5, 0.6) is 5.75 Å². The smallest absolute Gasteiger partial charge is 0.264 e. The first-order chi connectivity index (χ1) is 12.1. The van der Waals surface area contributed by atoms with Gasteiger partial charge >= 0.3 is 0 Å². The topological polar surface area (TPSA) is 50.7 Å². The van der Waals surface area contributed by atoms with Gasteiger partial charge in [-0.3, -0.25) is 4.79 Å². The maximum absolute atomic E-state index is 12.2. The number of carbonyl (C=O) groups is 1. The van der Waals surface area contributed by atoms with Gasteiger partial charge in [0.15, 0.2) is 5.17 Å². The lowest BCUT2D eigenvalue weighted by atomic mass is 10.2. The van der Waals surface area contributed by atoms with Crippen LogP contribution in [0.2, 0.25) is 10.0 Å². The van der Waals surface area contributed by atoms with E-state index < -0.39 is 0 Å². The predicted molar refractivity (Wildman–Crippen MR) is 105 cm³/mol. The molecule has 0 aromatic heterocycles. The van der Waals surface area contributed by atoms with Crippen molar-refractivity contribution in [3.8, 4) is 5.75 Å². The van der Waals surface area contributed by atoms with Crippen LogP contribution in [0.15, 0.2) is 52.4 Å². The lowest BCUT2D eigenvalue weighted by molar-refractivity contribution is -0.115. The van der Waals surface area contributed by atoms with Gasteiger partial charge in [0.25, 0.3) is 5.91 Å². The molecule has 1 heterocycles. The van der Waals surface area contributed by atoms with Gasteiger partial charge in [0, 0.05) is 15.6 Å². The number of amides is 1. The third-order valence-electron chi connectivity index (χ3n) is 3.30. The number of nitrogens with one attached hydrogen (secondary N) is 1. The average Bonchev–Trinajstić information content (AvgIpc) is 2.92. The molecule has 4 nitrogen and oxygen atoms in total. The van der Waals surface area contributed by atoms with Crippen LogP contribution < -0.4 is 10.1 Å². The number of benzene rings is 2. The molecular formula is C18H14Cl2N2O2S. The van der Waals surface area contributed by atoms with E-state index in [1.54, 1.807) is 24.3 Å². The number of hydrogen-bond acceptors (Lipinski definition) is 4. The van der Waals surface area contributed by atoms with E-state index in [0.717, 1.165) is 11.4 Å². The highest BCUT2D eigenvalue weighted by molar-refractivity contribution is 8.18. The van der Waals surface area contributed by atoms with Crippen molar-refractivity contribution in [1.82, 2.24) is 5.32 Å². The van der Waals surface area contributed by atoms with Crippen LogP contribution in [0, 0.1) is 0 Å². The summed E-state index contributed by atoms with van der Waals surface area (Å²) in [7, 11) is 0. The summed E-state index contributed by atoms with van der Waals surface area (Å²) in [5.74, 6) is 0.550. The molecule has 0 spiro atoms. The zero-order valence-electron chi connectivity index (χ0n) is 13.3. The highest BCUT2D eigenvalue weighted by atomic mass is 35.5. The van der Waals surface area contributed by atoms with Crippen molar-refractivity contribution >= 4 is 57.8 Å². The van der Waals surface area contributed by atoms with Gasteiger partial charge in [-0.05, 0) is 61.2 Å². The van der Waals surface area contributed by atoms with E-state index in [4.69, 9.17) is 27.9 Å². The number of thioether (sulfide) groups is 1. The summed E-state index contributed by atoms with van der Waals surface area (Å²) < 4.78 is 5.40. The fourth-order valence-corrected chi connectivity index (χ4v) is 3.49. The minimum Gasteiger partial charge on any atom is -0.494 e. The predicted octanol–water partition coefficient (Wildman–Crippen LogP) is 5.28. The van der Waals surface area contributed by atoms with Crippen LogP contribution in [-0.4, -0.2) is 17.7 Å². The Bertz CT molecular complexity index is 844. The molecule has 2 aromatic rings. The third-order valence-corrected chi connectivity index (χ3v) is 4.87. The molecule has 1 N–H and O–H groups in total. The molecule has 0 bridgehead atoms. The van der Waals surface area contributed by atoms with Crippen molar-refractivity contribution in [2.45, 2.75) is 6.92 Å². The first kappa shape index (κ1) is 17.9. The molecule has 0 atom stereocenters. The monoisotopic (exact) mass is 392 g/mol. The summed E-state index contributed by atoms with van der Waals surface area (Å²) >= 11 is 13.5. The molecule has 1 fully saturated rings. The van der Waals surface area contributed by atoms with E-state index in [2.05, 4.69) is 10.3 Å². The highest BCUT2D eigenvalue weighted by Crippen LogP contribution is 2.33. The van der Waals surface area contributed by atoms with Gasteiger partial charge < -0.3 is 10.1 Å². The first-order valence-electron chi connectivity index (χ1n) is 7.53. The Morgan fingerprint density at radius 1 is 1.16 bits per heavy atom. The van der Waals surface area contributed by atoms with Crippen molar-refractivity contribution in [3.63, 3.8) is 0 Å². The summed E-state index contributed by atoms with van der Waals surface area (Å²) in [5, 5.41) is 4.23. The summed E-state index contributed by atoms with van der Waals surface area (Å²) in [6.45, 7) is 2.54. The standard InChI is InChI=1S/C18H14Cl2N2O2S/c1-2-24-12-8-6-11(7-9-12)21-18-22-17(23)16(25-18)10-13-14(19)4-3-5-15(13)20/h3-10H,2H2,1H3,(H,21,22,23)/b16-10-. The molecule has 7 heteroatoms. The largest absolute Gasteiger partial charge is 0.494 e. The van der Waals surface area contributed by atoms with Gasteiger partial charge in [0.2, 0.25) is 0 Å². The quantitative estimate of drug-likeness (QED) is 0.719. The second-order valence-corrected chi connectivity index (χ2v) is 6.89. The number of amidine groups is 1. The summed E-state index contributed by atoms with van der Waals surface area (Å²) in [5.41, 5.74) is 1.34. The fraction of sp³-hybridized carbons (Fsp3) is 0.111. The number of ether oxygens (including phenoxy) is 1. The molecule has 0 unspecified atom stereocenters. The maximum atomic E-state index is 12.2. The van der Waals surface area contributed by atoms with Crippen molar-refractivity contribution in [2.75, 3.05) is 6.61 Å². The number of carbonyl (C=O) groups excluding carboxylic acids is 1. The maximum Gasteiger partial charge on any atom is 0.264 e. The normalized spacial score (nSPS) is 17.2. The highest BCUT2D eigenvalue weighted by Gasteiger charge is 2.24. The van der Waals surface area contributed by atoms with Crippen molar-refractivity contribution in [1.29, 1.82) is 0 Å². The number of halogens is 2. The second kappa shape index (κ2) is 7.95. The van der Waals surface area contributed by atoms with Crippen molar-refractivity contribution < 1.29 is 9.53 Å². The number of aliphatic imine (C=N–C) groups is 1. The SMILES string of the molecule is CCOc1ccc(N=C2NC(=O)/C(=C/c3c(Cl)cccc3Cl)S2)cc1. The molecule has 1 amide bonds. The van der Waals surface area contributed by atoms with Crippen molar-refractivity contribution in [3.05, 3.63) is 63.0 Å². The molecule has 0 radical (unpaired) electrons. The molecule has 128 valence electrons. The molecule has 25 heavy (non-hydrogen) atoms. The van der Waals surface area contributed by atoms with Crippen LogP contribution in [0.25, 0.3) is 6.08 Å². The van der Waals surface area contributed by atoms with Crippen LogP contribution in [0.3, 0.4) is 0 Å². The Hall–Kier alpha value is -1.95. The van der Waals surface area contributed by atoms with E-state index in [1.807, 2.05) is 31.2 Å². The van der Waals surface area contributed by atoms with Crippen LogP contribution in [0.4, 0.5) is 5.69 Å². The molecule has 2 aromatic carbocycles. The molecule has 0 aliphatic carbocycles. The van der Waals surface area contributed by atoms with Gasteiger partial charge in [-0.1, -0.05) is 29.3 Å². The van der Waals surface area contributed by atoms with Gasteiger partial charge in [0.1, 0.15) is 5.75 Å². The Morgan fingerprint density at radius 2 is 1.84 bits per heavy atom. The zero-order valence-corrected chi connectivity index (χ0v) is 15.6. The van der Waals surface area contributed by atoms with Crippen molar-refractivity contribution in [2.24, 2.45) is 4.99 Å². The van der Waals surface area contributed by atoms with E-state index in [9.17, 15) is 4.79 Å². The van der Waals surface area contributed by atoms with E-state index >= 15 is 0 Å². The molecule has 3 rings (SSSR count). The van der Waals surface area contributed by atoms with Crippen LogP contribution in [0.1, 0.15) is 12.5 Å². The minimum absolute atomic E-state index is 0.231. The number of rotatable bonds is 4. The number of hydrogen-bond donors (Lipinski definition) is 1. The van der Waals surface area contributed by atoms with Gasteiger partial charge in [-0.25, -0.2) is 4.99 Å². The summed E-state index contributed by atoms with van der Waals surface area (Å²) in [6, 6.07) is 12.6. The minimum atomic E-state index is -0.231. The lowest BCUT2D eigenvalue weighted by Gasteiger charge is -2.02. The lowest BCUT2D eigenvalue weighted by Crippen LogP contribution is -2.19. The van der Waals surface area contributed by atoms with E-state index in [-0.39, 0.29) is 5.91 Å². The summed E-state index contributed by atoms with van der Waals surface area (Å²) in [6.07, 6.45) is 1.67. The molecule has 1 saturated heterocycles. The Balaban J connectivity index is 1.81. The van der Waals surface area contributed by atoms with Gasteiger partial charge in [-0.2, -0.15) is 0 Å². The fourth-order valence-electron chi connectivity index (χ4n) is 2.16. The van der Waals surface area contributed by atoms with Crippen LogP contribution in [-0.2, 0) is 4.79 Å². The first-order valence-corrected chi connectivity index (χ1v) is 9.10. The summed E-state index contributed by atoms with van der Waals surface area (Å²) in [4.78, 5) is 17.1. The third kappa shape index (κ3) is 4.37. The molecule has 1 aliphatic heterocycles. The Labute approximate surface area is 159 Å². The van der Waals surface area contributed by atoms with Crippen LogP contribution >= 0.6 is 35.0 Å². The Kier molecular flexibility index (Phi) is 5.68. The van der Waals surface area contributed by atoms with E-state index in [1.165, 1.54) is 11.8 Å². The molecule has 0 saturated carbocycles. The van der Waals surface area contributed by atoms with Gasteiger partial charge in [-0.15, -0.1) is 0 Å². The molecule has 1 aliphatic rings. The molecular weight excluding hydrogens is 379 g/mol. The average molecular weight is 393 g/mol. The Morgan fingerprint density at radius 3 is 2.48 bits per heavy atom. The number of nitrogens with zero attached hydrogens (tertiary/aromatic N) is 1. The van der Waals surface area contributed by atoms with Gasteiger partial charge in [0.05, 0.1) is 17.2 Å².